The molecule has 5 rings (SSSR count). The number of nitrogens with zero attached hydrogens (tertiary/aromatic N) is 2. The van der Waals surface area contributed by atoms with Crippen LogP contribution >= 0.6 is 0 Å². The van der Waals surface area contributed by atoms with Crippen LogP contribution in [0, 0.1) is 5.41 Å². The van der Waals surface area contributed by atoms with E-state index >= 15 is 0 Å². The lowest BCUT2D eigenvalue weighted by molar-refractivity contribution is 0.0773. The highest BCUT2D eigenvalue weighted by Crippen LogP contribution is 2.40. The highest BCUT2D eigenvalue weighted by Gasteiger charge is 2.44. The first-order valence-electron chi connectivity index (χ1n) is 9.84. The molecule has 1 amide bonds. The van der Waals surface area contributed by atoms with Crippen LogP contribution < -0.4 is 0 Å². The third-order valence-corrected chi connectivity index (χ3v) is 6.29. The largest absolute Gasteiger partial charge is 0.361 e. The van der Waals surface area contributed by atoms with Gasteiger partial charge in [-0.2, -0.15) is 0 Å². The minimum Gasteiger partial charge on any atom is -0.361 e. The Morgan fingerprint density at radius 3 is 2.74 bits per heavy atom. The molecule has 3 heterocycles. The smallest absolute Gasteiger partial charge is 0.253 e. The van der Waals surface area contributed by atoms with Crippen molar-refractivity contribution in [3.63, 3.8) is 0 Å². The van der Waals surface area contributed by atoms with E-state index in [0.717, 1.165) is 55.6 Å². The van der Waals surface area contributed by atoms with Crippen molar-refractivity contribution in [2.75, 3.05) is 26.2 Å². The molecular formula is C23H25N3O. The lowest BCUT2D eigenvalue weighted by Crippen LogP contribution is -2.34. The van der Waals surface area contributed by atoms with Crippen LogP contribution in [0.15, 0.2) is 60.8 Å². The number of amides is 1. The van der Waals surface area contributed by atoms with E-state index in [0.29, 0.717) is 0 Å². The number of hydrogen-bond donors (Lipinski definition) is 1. The Morgan fingerprint density at radius 1 is 1.00 bits per heavy atom. The van der Waals surface area contributed by atoms with Gasteiger partial charge < -0.3 is 9.88 Å². The highest BCUT2D eigenvalue weighted by molar-refractivity contribution is 5.98. The number of carbonyl (C=O) groups is 1. The Kier molecular flexibility index (Phi) is 4.01. The summed E-state index contributed by atoms with van der Waals surface area (Å²) >= 11 is 0. The van der Waals surface area contributed by atoms with Crippen LogP contribution in [-0.2, 0) is 6.54 Å². The summed E-state index contributed by atoms with van der Waals surface area (Å²) < 4.78 is 0. The molecule has 27 heavy (non-hydrogen) atoms. The van der Waals surface area contributed by atoms with Crippen LogP contribution in [0.2, 0.25) is 0 Å². The maximum Gasteiger partial charge on any atom is 0.253 e. The molecule has 2 fully saturated rings. The van der Waals surface area contributed by atoms with Crippen molar-refractivity contribution in [3.8, 4) is 0 Å². The van der Waals surface area contributed by atoms with E-state index in [9.17, 15) is 4.79 Å². The zero-order valence-corrected chi connectivity index (χ0v) is 15.5. The first-order chi connectivity index (χ1) is 13.2. The van der Waals surface area contributed by atoms with E-state index < -0.39 is 0 Å². The van der Waals surface area contributed by atoms with Gasteiger partial charge in [0.25, 0.3) is 5.91 Å². The third-order valence-electron chi connectivity index (χ3n) is 6.29. The molecule has 0 bridgehead atoms. The summed E-state index contributed by atoms with van der Waals surface area (Å²) in [5.41, 5.74) is 3.54. The minimum atomic E-state index is 0.177. The monoisotopic (exact) mass is 359 g/mol. The first-order valence-corrected chi connectivity index (χ1v) is 9.84. The lowest BCUT2D eigenvalue weighted by atomic mass is 9.86. The second-order valence-electron chi connectivity index (χ2n) is 8.20. The van der Waals surface area contributed by atoms with Gasteiger partial charge in [0.1, 0.15) is 0 Å². The van der Waals surface area contributed by atoms with Crippen LogP contribution in [0.5, 0.6) is 0 Å². The Bertz CT molecular complexity index is 964. The fourth-order valence-electron chi connectivity index (χ4n) is 4.81. The summed E-state index contributed by atoms with van der Waals surface area (Å²) in [6, 6.07) is 18.7. The summed E-state index contributed by atoms with van der Waals surface area (Å²) in [6.07, 6.45) is 4.24. The molecule has 1 atom stereocenters. The van der Waals surface area contributed by atoms with Gasteiger partial charge in [-0.25, -0.2) is 0 Å². The van der Waals surface area contributed by atoms with E-state index in [1.807, 2.05) is 30.5 Å². The number of nitrogens with one attached hydrogen (secondary N) is 1. The minimum absolute atomic E-state index is 0.177. The number of aromatic amines is 1. The molecule has 1 spiro atoms. The van der Waals surface area contributed by atoms with E-state index in [2.05, 4.69) is 45.1 Å². The molecule has 3 aromatic rings. The van der Waals surface area contributed by atoms with Crippen molar-refractivity contribution >= 4 is 16.8 Å². The van der Waals surface area contributed by atoms with Gasteiger partial charge in [0.05, 0.1) is 0 Å². The standard InChI is InChI=1S/C23H25N3O/c27-22(20-6-7-21-19(14-20)8-11-24-21)26-13-10-23(17-26)9-12-25(16-23)15-18-4-2-1-3-5-18/h1-8,11,14,24H,9-10,12-13,15-17H2. The maximum atomic E-state index is 13.0. The number of aromatic nitrogens is 1. The van der Waals surface area contributed by atoms with Crippen molar-refractivity contribution in [3.05, 3.63) is 71.9 Å². The van der Waals surface area contributed by atoms with Gasteiger partial charge in [-0.3, -0.25) is 9.69 Å². The Morgan fingerprint density at radius 2 is 1.85 bits per heavy atom. The predicted octanol–water partition coefficient (Wildman–Crippen LogP) is 3.91. The molecule has 2 aliphatic heterocycles. The number of hydrogen-bond acceptors (Lipinski definition) is 2. The van der Waals surface area contributed by atoms with Crippen molar-refractivity contribution in [2.45, 2.75) is 19.4 Å². The number of benzene rings is 2. The molecule has 2 saturated heterocycles. The Hall–Kier alpha value is -2.59. The Balaban J connectivity index is 1.26. The molecular weight excluding hydrogens is 334 g/mol. The SMILES string of the molecule is O=C(c1ccc2[nH]ccc2c1)N1CCC2(CCN(Cc3ccccc3)C2)C1. The summed E-state index contributed by atoms with van der Waals surface area (Å²) in [4.78, 5) is 20.8. The molecule has 138 valence electrons. The average Bonchev–Trinajstić information content (AvgIpc) is 3.42. The van der Waals surface area contributed by atoms with E-state index in [-0.39, 0.29) is 11.3 Å². The summed E-state index contributed by atoms with van der Waals surface area (Å²) in [5, 5.41) is 1.10. The Labute approximate surface area is 159 Å². The molecule has 2 aromatic carbocycles. The molecule has 4 nitrogen and oxygen atoms in total. The van der Waals surface area contributed by atoms with Crippen molar-refractivity contribution in [2.24, 2.45) is 5.41 Å². The topological polar surface area (TPSA) is 39.3 Å². The second kappa shape index (κ2) is 6.54. The first kappa shape index (κ1) is 16.6. The van der Waals surface area contributed by atoms with Crippen LogP contribution in [0.4, 0.5) is 0 Å². The zero-order chi connectivity index (χ0) is 18.3. The highest BCUT2D eigenvalue weighted by atomic mass is 16.2. The van der Waals surface area contributed by atoms with Gasteiger partial charge in [-0.1, -0.05) is 30.3 Å². The fourth-order valence-corrected chi connectivity index (χ4v) is 4.81. The molecule has 1 N–H and O–H groups in total. The second-order valence-corrected chi connectivity index (χ2v) is 8.20. The zero-order valence-electron chi connectivity index (χ0n) is 15.5. The normalized spacial score (nSPS) is 22.9. The van der Waals surface area contributed by atoms with Crippen LogP contribution in [-0.4, -0.2) is 46.9 Å². The van der Waals surface area contributed by atoms with Gasteiger partial charge >= 0.3 is 0 Å². The van der Waals surface area contributed by atoms with Gasteiger partial charge in [-0.05, 0) is 49.2 Å². The average molecular weight is 359 g/mol. The number of carbonyl (C=O) groups excluding carboxylic acids is 1. The molecule has 1 aromatic heterocycles. The van der Waals surface area contributed by atoms with Crippen LogP contribution in [0.25, 0.3) is 10.9 Å². The van der Waals surface area contributed by atoms with Crippen LogP contribution in [0.3, 0.4) is 0 Å². The lowest BCUT2D eigenvalue weighted by Gasteiger charge is -2.25. The van der Waals surface area contributed by atoms with Crippen molar-refractivity contribution < 1.29 is 4.79 Å². The maximum absolute atomic E-state index is 13.0. The number of rotatable bonds is 3. The van der Waals surface area contributed by atoms with E-state index in [4.69, 9.17) is 0 Å². The quantitative estimate of drug-likeness (QED) is 0.770. The number of likely N-dealkylation sites (tertiary alicyclic amines) is 2. The van der Waals surface area contributed by atoms with Gasteiger partial charge in [0.15, 0.2) is 0 Å². The summed E-state index contributed by atoms with van der Waals surface area (Å²) in [7, 11) is 0. The molecule has 0 saturated carbocycles. The molecule has 4 heteroatoms. The van der Waals surface area contributed by atoms with E-state index in [1.165, 1.54) is 12.0 Å². The number of fused-ring (bicyclic) bond motifs is 1. The van der Waals surface area contributed by atoms with Gasteiger partial charge in [-0.15, -0.1) is 0 Å². The summed E-state index contributed by atoms with van der Waals surface area (Å²) in [6.45, 7) is 5.01. The third kappa shape index (κ3) is 3.15. The van der Waals surface area contributed by atoms with E-state index in [1.54, 1.807) is 0 Å². The fraction of sp³-hybridized carbons (Fsp3) is 0.348. The molecule has 0 radical (unpaired) electrons. The predicted molar refractivity (Wildman–Crippen MR) is 108 cm³/mol. The van der Waals surface area contributed by atoms with Gasteiger partial charge in [0, 0.05) is 54.3 Å². The van der Waals surface area contributed by atoms with Crippen molar-refractivity contribution in [1.82, 2.24) is 14.8 Å². The number of H-pyrrole nitrogens is 1. The van der Waals surface area contributed by atoms with Crippen LogP contribution in [0.1, 0.15) is 28.8 Å². The molecule has 2 aliphatic rings. The molecule has 0 aliphatic carbocycles. The summed E-state index contributed by atoms with van der Waals surface area (Å²) in [5.74, 6) is 0.177. The molecule has 1 unspecified atom stereocenters. The van der Waals surface area contributed by atoms with Crippen molar-refractivity contribution in [1.29, 1.82) is 0 Å². The van der Waals surface area contributed by atoms with Gasteiger partial charge in [0.2, 0.25) is 0 Å².